The zero-order chi connectivity index (χ0) is 24.4. The minimum absolute atomic E-state index is 0.0647. The first-order valence-electron chi connectivity index (χ1n) is 11.5. The number of carbonyl (C=O) groups excluding carboxylic acids is 2. The van der Waals surface area contributed by atoms with Crippen LogP contribution in [0.1, 0.15) is 11.8 Å². The molecule has 4 heterocycles. The molecule has 0 aliphatic carbocycles. The van der Waals surface area contributed by atoms with Crippen LogP contribution in [0.15, 0.2) is 35.5 Å². The van der Waals surface area contributed by atoms with Gasteiger partial charge in [0.25, 0.3) is 5.91 Å². The molecule has 0 saturated carbocycles. The molecule has 1 amide bonds. The number of amides is 1. The van der Waals surface area contributed by atoms with Gasteiger partial charge in [0.15, 0.2) is 16.7 Å². The normalized spacial score (nSPS) is 17.5. The molecule has 11 heteroatoms. The quantitative estimate of drug-likeness (QED) is 0.279. The molecule has 1 unspecified atom stereocenters. The Hall–Kier alpha value is -3.05. The number of hydrogen-bond acceptors (Lipinski definition) is 10. The Kier molecular flexibility index (Phi) is 6.96. The molecule has 2 aliphatic rings. The number of ether oxygens (including phenoxy) is 3. The minimum atomic E-state index is -0.646. The molecule has 3 aromatic rings. The van der Waals surface area contributed by atoms with Crippen LogP contribution in [-0.2, 0) is 20.7 Å². The third-order valence-corrected chi connectivity index (χ3v) is 7.97. The Morgan fingerprint density at radius 3 is 2.69 bits per heavy atom. The number of benzene rings is 1. The maximum atomic E-state index is 13.1. The first kappa shape index (κ1) is 23.7. The van der Waals surface area contributed by atoms with Crippen LogP contribution in [0.25, 0.3) is 10.2 Å². The van der Waals surface area contributed by atoms with Crippen molar-refractivity contribution in [2.24, 2.45) is 0 Å². The molecule has 0 radical (unpaired) electrons. The molecule has 1 fully saturated rings. The highest BCUT2D eigenvalue weighted by Crippen LogP contribution is 2.34. The predicted molar refractivity (Wildman–Crippen MR) is 135 cm³/mol. The van der Waals surface area contributed by atoms with Crippen LogP contribution in [-0.4, -0.2) is 78.5 Å². The standard InChI is InChI=1S/C24H26N4O5S2/c1-3-15-12-16-21(25-24(26-22(16)35-15)34-14-20(29)31-2)27-8-10-28(11-9-27)23(30)19-13-32-17-6-4-5-7-18(17)33-19/h4-7,12,19H,3,8-11,13-14H2,1-2H3. The van der Waals surface area contributed by atoms with Crippen LogP contribution in [0.4, 0.5) is 5.82 Å². The summed E-state index contributed by atoms with van der Waals surface area (Å²) < 4.78 is 16.4. The number of carbonyl (C=O) groups is 2. The summed E-state index contributed by atoms with van der Waals surface area (Å²) in [6.45, 7) is 4.71. The van der Waals surface area contributed by atoms with Crippen LogP contribution < -0.4 is 14.4 Å². The van der Waals surface area contributed by atoms with Gasteiger partial charge in [-0.05, 0) is 24.6 Å². The molecule has 1 aromatic carbocycles. The molecule has 2 aromatic heterocycles. The topological polar surface area (TPSA) is 94.1 Å². The van der Waals surface area contributed by atoms with Gasteiger partial charge in [-0.25, -0.2) is 9.97 Å². The SMILES string of the molecule is CCc1cc2c(N3CCN(C(=O)C4COc5ccccc5O4)CC3)nc(SCC(=O)OC)nc2s1. The average Bonchev–Trinajstić information content (AvgIpc) is 3.34. The van der Waals surface area contributed by atoms with Crippen LogP contribution >= 0.6 is 23.1 Å². The predicted octanol–water partition coefficient (Wildman–Crippen LogP) is 3.01. The summed E-state index contributed by atoms with van der Waals surface area (Å²) in [5, 5.41) is 1.56. The summed E-state index contributed by atoms with van der Waals surface area (Å²) in [6.07, 6.45) is 0.271. The van der Waals surface area contributed by atoms with Gasteiger partial charge in [0.1, 0.15) is 17.3 Å². The van der Waals surface area contributed by atoms with Gasteiger partial charge in [0.2, 0.25) is 6.10 Å². The van der Waals surface area contributed by atoms with Crippen molar-refractivity contribution < 1.29 is 23.8 Å². The van der Waals surface area contributed by atoms with E-state index in [0.717, 1.165) is 22.5 Å². The number of aryl methyl sites for hydroxylation is 1. The number of thiophene rings is 1. The van der Waals surface area contributed by atoms with Crippen LogP contribution in [0.2, 0.25) is 0 Å². The summed E-state index contributed by atoms with van der Waals surface area (Å²) >= 11 is 2.92. The van der Waals surface area contributed by atoms with E-state index in [1.165, 1.54) is 23.7 Å². The van der Waals surface area contributed by atoms with Crippen molar-refractivity contribution in [2.45, 2.75) is 24.6 Å². The molecule has 5 rings (SSSR count). The number of hydrogen-bond donors (Lipinski definition) is 0. The number of fused-ring (bicyclic) bond motifs is 2. The average molecular weight is 515 g/mol. The number of rotatable bonds is 6. The Bertz CT molecular complexity index is 1240. The lowest BCUT2D eigenvalue weighted by atomic mass is 10.2. The molecule has 184 valence electrons. The number of thioether (sulfide) groups is 1. The van der Waals surface area contributed by atoms with E-state index in [2.05, 4.69) is 22.9 Å². The van der Waals surface area contributed by atoms with Gasteiger partial charge in [0, 0.05) is 31.1 Å². The van der Waals surface area contributed by atoms with Crippen molar-refractivity contribution in [1.29, 1.82) is 0 Å². The second-order valence-corrected chi connectivity index (χ2v) is 10.2. The molecular weight excluding hydrogens is 488 g/mol. The zero-order valence-electron chi connectivity index (χ0n) is 19.6. The third kappa shape index (κ3) is 5.01. The second-order valence-electron chi connectivity index (χ2n) is 8.16. The van der Waals surface area contributed by atoms with Crippen LogP contribution in [0, 0.1) is 0 Å². The van der Waals surface area contributed by atoms with Gasteiger partial charge in [-0.2, -0.15) is 0 Å². The molecule has 9 nitrogen and oxygen atoms in total. The van der Waals surface area contributed by atoms with Gasteiger partial charge in [-0.3, -0.25) is 9.59 Å². The third-order valence-electron chi connectivity index (χ3n) is 5.97. The summed E-state index contributed by atoms with van der Waals surface area (Å²) in [7, 11) is 1.37. The molecule has 35 heavy (non-hydrogen) atoms. The molecule has 0 spiro atoms. The Morgan fingerprint density at radius 2 is 1.94 bits per heavy atom. The molecule has 1 atom stereocenters. The first-order chi connectivity index (χ1) is 17.1. The van der Waals surface area contributed by atoms with E-state index in [9.17, 15) is 9.59 Å². The Balaban J connectivity index is 1.29. The Labute approximate surface area is 211 Å². The van der Waals surface area contributed by atoms with E-state index in [1.807, 2.05) is 29.2 Å². The summed E-state index contributed by atoms with van der Waals surface area (Å²) in [5.74, 6) is 1.88. The van der Waals surface area contributed by atoms with Gasteiger partial charge < -0.3 is 24.0 Å². The van der Waals surface area contributed by atoms with Crippen molar-refractivity contribution in [3.63, 3.8) is 0 Å². The molecule has 0 N–H and O–H groups in total. The van der Waals surface area contributed by atoms with E-state index < -0.39 is 6.10 Å². The number of piperazine rings is 1. The number of methoxy groups -OCH3 is 1. The zero-order valence-corrected chi connectivity index (χ0v) is 21.2. The highest BCUT2D eigenvalue weighted by Gasteiger charge is 2.33. The smallest absolute Gasteiger partial charge is 0.316 e. The van der Waals surface area contributed by atoms with Crippen LogP contribution in [0.3, 0.4) is 0 Å². The van der Waals surface area contributed by atoms with E-state index in [1.54, 1.807) is 11.3 Å². The fraction of sp³-hybridized carbons (Fsp3) is 0.417. The number of aromatic nitrogens is 2. The lowest BCUT2D eigenvalue weighted by Gasteiger charge is -2.37. The largest absolute Gasteiger partial charge is 0.485 e. The van der Waals surface area contributed by atoms with E-state index in [-0.39, 0.29) is 24.2 Å². The van der Waals surface area contributed by atoms with Gasteiger partial charge in [0.05, 0.1) is 18.2 Å². The van der Waals surface area contributed by atoms with Crippen molar-refractivity contribution in [1.82, 2.24) is 14.9 Å². The molecule has 0 bridgehead atoms. The van der Waals surface area contributed by atoms with E-state index in [0.29, 0.717) is 42.8 Å². The Morgan fingerprint density at radius 1 is 1.17 bits per heavy atom. The van der Waals surface area contributed by atoms with Gasteiger partial charge in [-0.1, -0.05) is 30.8 Å². The molecular formula is C24H26N4O5S2. The fourth-order valence-corrected chi connectivity index (χ4v) is 5.77. The summed E-state index contributed by atoms with van der Waals surface area (Å²) in [5.41, 5.74) is 0. The number of nitrogens with zero attached hydrogens (tertiary/aromatic N) is 4. The van der Waals surface area contributed by atoms with Crippen molar-refractivity contribution in [3.05, 3.63) is 35.2 Å². The number of para-hydroxylation sites is 2. The maximum Gasteiger partial charge on any atom is 0.316 e. The fourth-order valence-electron chi connectivity index (χ4n) is 4.08. The molecule has 1 saturated heterocycles. The first-order valence-corrected chi connectivity index (χ1v) is 13.3. The summed E-state index contributed by atoms with van der Waals surface area (Å²) in [4.78, 5) is 40.4. The number of esters is 1. The second kappa shape index (κ2) is 10.3. The van der Waals surface area contributed by atoms with E-state index in [4.69, 9.17) is 19.2 Å². The van der Waals surface area contributed by atoms with Gasteiger partial charge in [-0.15, -0.1) is 11.3 Å². The van der Waals surface area contributed by atoms with Crippen LogP contribution in [0.5, 0.6) is 11.5 Å². The van der Waals surface area contributed by atoms with Crippen molar-refractivity contribution in [2.75, 3.05) is 50.5 Å². The van der Waals surface area contributed by atoms with Crippen molar-refractivity contribution in [3.8, 4) is 11.5 Å². The summed E-state index contributed by atoms with van der Waals surface area (Å²) in [6, 6.07) is 9.54. The molecule has 2 aliphatic heterocycles. The highest BCUT2D eigenvalue weighted by molar-refractivity contribution is 7.99. The minimum Gasteiger partial charge on any atom is -0.485 e. The lowest BCUT2D eigenvalue weighted by Crippen LogP contribution is -2.54. The van der Waals surface area contributed by atoms with Crippen molar-refractivity contribution >= 4 is 51.0 Å². The highest BCUT2D eigenvalue weighted by atomic mass is 32.2. The van der Waals surface area contributed by atoms with Gasteiger partial charge >= 0.3 is 5.97 Å². The van der Waals surface area contributed by atoms with E-state index >= 15 is 0 Å². The number of anilines is 1. The lowest BCUT2D eigenvalue weighted by molar-refractivity contribution is -0.141. The monoisotopic (exact) mass is 514 g/mol. The maximum absolute atomic E-state index is 13.1.